The van der Waals surface area contributed by atoms with Crippen molar-refractivity contribution in [1.29, 1.82) is 0 Å². The Hall–Kier alpha value is -0.0800. The second-order valence-corrected chi connectivity index (χ2v) is 5.87. The molecule has 1 aliphatic rings. The molecule has 2 atom stereocenters. The van der Waals surface area contributed by atoms with Crippen molar-refractivity contribution in [3.63, 3.8) is 0 Å². The monoisotopic (exact) mass is 212 g/mol. The van der Waals surface area contributed by atoms with Crippen LogP contribution >= 0.6 is 0 Å². The largest absolute Gasteiger partial charge is 0.326 e. The zero-order chi connectivity index (χ0) is 11.5. The van der Waals surface area contributed by atoms with Gasteiger partial charge < -0.3 is 5.73 Å². The molecule has 2 unspecified atom stereocenters. The van der Waals surface area contributed by atoms with Crippen LogP contribution in [0.1, 0.15) is 53.4 Å². The van der Waals surface area contributed by atoms with E-state index in [1.165, 1.54) is 32.4 Å². The average molecular weight is 212 g/mol. The van der Waals surface area contributed by atoms with Crippen LogP contribution in [0.3, 0.4) is 0 Å². The molecule has 90 valence electrons. The van der Waals surface area contributed by atoms with Crippen molar-refractivity contribution < 1.29 is 0 Å². The van der Waals surface area contributed by atoms with Gasteiger partial charge in [0.15, 0.2) is 0 Å². The lowest BCUT2D eigenvalue weighted by Gasteiger charge is -2.32. The van der Waals surface area contributed by atoms with Crippen LogP contribution < -0.4 is 5.73 Å². The van der Waals surface area contributed by atoms with E-state index in [9.17, 15) is 0 Å². The first-order valence-electron chi connectivity index (χ1n) is 6.46. The van der Waals surface area contributed by atoms with Crippen molar-refractivity contribution in [1.82, 2.24) is 4.90 Å². The topological polar surface area (TPSA) is 29.3 Å². The number of nitrogens with zero attached hydrogens (tertiary/aromatic N) is 1. The van der Waals surface area contributed by atoms with Crippen LogP contribution in [0.25, 0.3) is 0 Å². The Kier molecular flexibility index (Phi) is 4.60. The Morgan fingerprint density at radius 1 is 1.27 bits per heavy atom. The van der Waals surface area contributed by atoms with Crippen LogP contribution in [-0.4, -0.2) is 30.1 Å². The average Bonchev–Trinajstić information content (AvgIpc) is 2.37. The predicted octanol–water partition coefficient (Wildman–Crippen LogP) is 2.62. The van der Waals surface area contributed by atoms with E-state index >= 15 is 0 Å². The molecule has 2 nitrogen and oxygen atoms in total. The fourth-order valence-electron chi connectivity index (χ4n) is 2.46. The van der Waals surface area contributed by atoms with Gasteiger partial charge in [0.05, 0.1) is 0 Å². The van der Waals surface area contributed by atoms with Crippen LogP contribution in [0, 0.1) is 5.41 Å². The van der Waals surface area contributed by atoms with Crippen molar-refractivity contribution >= 4 is 0 Å². The van der Waals surface area contributed by atoms with Crippen LogP contribution in [-0.2, 0) is 0 Å². The molecule has 0 bridgehead atoms. The van der Waals surface area contributed by atoms with Crippen LogP contribution in [0.4, 0.5) is 0 Å². The van der Waals surface area contributed by atoms with Crippen LogP contribution in [0.15, 0.2) is 0 Å². The molecule has 0 aromatic heterocycles. The predicted molar refractivity (Wildman–Crippen MR) is 66.9 cm³/mol. The van der Waals surface area contributed by atoms with Gasteiger partial charge in [-0.3, -0.25) is 4.90 Å². The van der Waals surface area contributed by atoms with Crippen LogP contribution in [0.2, 0.25) is 0 Å². The fraction of sp³-hybridized carbons (Fsp3) is 1.00. The van der Waals surface area contributed by atoms with E-state index in [1.54, 1.807) is 0 Å². The number of hydrogen-bond acceptors (Lipinski definition) is 2. The smallest absolute Gasteiger partial charge is 0.0218 e. The number of rotatable bonds is 3. The van der Waals surface area contributed by atoms with Gasteiger partial charge in [0.1, 0.15) is 0 Å². The molecule has 2 heteroatoms. The molecule has 0 amide bonds. The SMILES string of the molecule is CCC(N)C(C)N1CCCC(C)(C)CC1. The van der Waals surface area contributed by atoms with E-state index in [1.807, 2.05) is 0 Å². The molecule has 1 heterocycles. The van der Waals surface area contributed by atoms with Gasteiger partial charge in [-0.2, -0.15) is 0 Å². The van der Waals surface area contributed by atoms with Gasteiger partial charge in [-0.1, -0.05) is 20.8 Å². The molecule has 0 aromatic rings. The van der Waals surface area contributed by atoms with Crippen LogP contribution in [0.5, 0.6) is 0 Å². The normalized spacial score (nSPS) is 27.0. The van der Waals surface area contributed by atoms with Gasteiger partial charge in [-0.05, 0) is 51.1 Å². The molecule has 0 aliphatic carbocycles. The fourth-order valence-corrected chi connectivity index (χ4v) is 2.46. The third-order valence-electron chi connectivity index (χ3n) is 4.04. The highest BCUT2D eigenvalue weighted by molar-refractivity contribution is 4.82. The molecule has 1 fully saturated rings. The summed E-state index contributed by atoms with van der Waals surface area (Å²) in [5.41, 5.74) is 6.66. The summed E-state index contributed by atoms with van der Waals surface area (Å²) in [7, 11) is 0. The third-order valence-corrected chi connectivity index (χ3v) is 4.04. The second-order valence-electron chi connectivity index (χ2n) is 5.87. The maximum atomic E-state index is 6.12. The molecule has 0 spiro atoms. The lowest BCUT2D eigenvalue weighted by atomic mass is 9.85. The summed E-state index contributed by atoms with van der Waals surface area (Å²) in [5.74, 6) is 0. The highest BCUT2D eigenvalue weighted by atomic mass is 15.2. The molecule has 0 radical (unpaired) electrons. The summed E-state index contributed by atoms with van der Waals surface area (Å²) in [6.07, 6.45) is 5.08. The highest BCUT2D eigenvalue weighted by Gasteiger charge is 2.26. The molecule has 1 aliphatic heterocycles. The van der Waals surface area contributed by atoms with Gasteiger partial charge in [-0.25, -0.2) is 0 Å². The summed E-state index contributed by atoms with van der Waals surface area (Å²) in [4.78, 5) is 2.59. The van der Waals surface area contributed by atoms with E-state index in [-0.39, 0.29) is 0 Å². The zero-order valence-corrected chi connectivity index (χ0v) is 10.9. The third kappa shape index (κ3) is 3.76. The van der Waals surface area contributed by atoms with Gasteiger partial charge in [0, 0.05) is 12.1 Å². The Balaban J connectivity index is 2.50. The van der Waals surface area contributed by atoms with E-state index in [0.29, 0.717) is 17.5 Å². The first-order chi connectivity index (χ1) is 6.96. The van der Waals surface area contributed by atoms with Gasteiger partial charge in [0.2, 0.25) is 0 Å². The minimum atomic E-state index is 0.339. The van der Waals surface area contributed by atoms with Crippen molar-refractivity contribution in [3.8, 4) is 0 Å². The lowest BCUT2D eigenvalue weighted by molar-refractivity contribution is 0.181. The van der Waals surface area contributed by atoms with E-state index in [0.717, 1.165) is 6.42 Å². The summed E-state index contributed by atoms with van der Waals surface area (Å²) >= 11 is 0. The molecule has 2 N–H and O–H groups in total. The standard InChI is InChI=1S/C13H28N2/c1-5-12(14)11(2)15-9-6-7-13(3,4)8-10-15/h11-12H,5-10,14H2,1-4H3. The maximum Gasteiger partial charge on any atom is 0.0218 e. The maximum absolute atomic E-state index is 6.12. The Morgan fingerprint density at radius 2 is 1.93 bits per heavy atom. The Labute approximate surface area is 95.2 Å². The molecular formula is C13H28N2. The molecule has 0 saturated carbocycles. The summed E-state index contributed by atoms with van der Waals surface area (Å²) in [6.45, 7) is 11.7. The lowest BCUT2D eigenvalue weighted by Crippen LogP contribution is -2.46. The molecule has 0 aromatic carbocycles. The first-order valence-corrected chi connectivity index (χ1v) is 6.46. The first kappa shape index (κ1) is 13.0. The Bertz CT molecular complexity index is 189. The van der Waals surface area contributed by atoms with Crippen molar-refractivity contribution in [2.75, 3.05) is 13.1 Å². The van der Waals surface area contributed by atoms with E-state index < -0.39 is 0 Å². The minimum absolute atomic E-state index is 0.339. The molecule has 15 heavy (non-hydrogen) atoms. The quantitative estimate of drug-likeness (QED) is 0.779. The van der Waals surface area contributed by atoms with E-state index in [2.05, 4.69) is 32.6 Å². The molecule has 1 saturated heterocycles. The van der Waals surface area contributed by atoms with Crippen molar-refractivity contribution in [3.05, 3.63) is 0 Å². The van der Waals surface area contributed by atoms with E-state index in [4.69, 9.17) is 5.73 Å². The number of nitrogens with two attached hydrogens (primary N) is 1. The second kappa shape index (κ2) is 5.31. The van der Waals surface area contributed by atoms with Gasteiger partial charge >= 0.3 is 0 Å². The molecular weight excluding hydrogens is 184 g/mol. The van der Waals surface area contributed by atoms with Crippen molar-refractivity contribution in [2.24, 2.45) is 11.1 Å². The summed E-state index contributed by atoms with van der Waals surface area (Å²) < 4.78 is 0. The van der Waals surface area contributed by atoms with Gasteiger partial charge in [0.25, 0.3) is 0 Å². The summed E-state index contributed by atoms with van der Waals surface area (Å²) in [6, 6.07) is 0.884. The number of hydrogen-bond donors (Lipinski definition) is 1. The van der Waals surface area contributed by atoms with Gasteiger partial charge in [-0.15, -0.1) is 0 Å². The Morgan fingerprint density at radius 3 is 2.53 bits per heavy atom. The van der Waals surface area contributed by atoms with Crippen molar-refractivity contribution in [2.45, 2.75) is 65.5 Å². The minimum Gasteiger partial charge on any atom is -0.326 e. The highest BCUT2D eigenvalue weighted by Crippen LogP contribution is 2.30. The summed E-state index contributed by atoms with van der Waals surface area (Å²) in [5, 5.41) is 0. The zero-order valence-electron chi connectivity index (χ0n) is 10.9. The molecule has 1 rings (SSSR count). The number of likely N-dealkylation sites (tertiary alicyclic amines) is 1.